The maximum atomic E-state index is 11.6. The normalized spacial score (nSPS) is 13.9. The van der Waals surface area contributed by atoms with Gasteiger partial charge < -0.3 is 10.4 Å². The Kier molecular flexibility index (Phi) is 6.46. The summed E-state index contributed by atoms with van der Waals surface area (Å²) in [7, 11) is 0. The highest BCUT2D eigenvalue weighted by atomic mass is 19.1. The molecule has 0 aliphatic heterocycles. The molecule has 0 saturated carbocycles. The molecule has 0 aliphatic carbocycles. The second-order valence-electron chi connectivity index (χ2n) is 3.03. The van der Waals surface area contributed by atoms with Gasteiger partial charge >= 0.3 is 0 Å². The SMILES string of the molecule is CC(C)C(CO)NCCCF. The van der Waals surface area contributed by atoms with Crippen LogP contribution in [0, 0.1) is 5.92 Å². The summed E-state index contributed by atoms with van der Waals surface area (Å²) >= 11 is 0. The van der Waals surface area contributed by atoms with Crippen molar-refractivity contribution in [3.63, 3.8) is 0 Å². The minimum Gasteiger partial charge on any atom is -0.395 e. The van der Waals surface area contributed by atoms with Crippen LogP contribution in [0.2, 0.25) is 0 Å². The molecule has 0 saturated heterocycles. The molecule has 0 radical (unpaired) electrons. The Labute approximate surface area is 67.8 Å². The minimum atomic E-state index is -0.288. The number of aliphatic hydroxyl groups excluding tert-OH is 1. The average Bonchev–Trinajstić information content (AvgIpc) is 1.97. The van der Waals surface area contributed by atoms with Gasteiger partial charge in [0.15, 0.2) is 0 Å². The third-order valence-electron chi connectivity index (χ3n) is 1.72. The molecule has 2 N–H and O–H groups in total. The lowest BCUT2D eigenvalue weighted by molar-refractivity contribution is 0.210. The van der Waals surface area contributed by atoms with Crippen molar-refractivity contribution in [2.24, 2.45) is 5.92 Å². The Morgan fingerprint density at radius 1 is 1.45 bits per heavy atom. The van der Waals surface area contributed by atoms with Crippen molar-refractivity contribution >= 4 is 0 Å². The lowest BCUT2D eigenvalue weighted by atomic mass is 10.1. The fourth-order valence-corrected chi connectivity index (χ4v) is 0.865. The maximum absolute atomic E-state index is 11.6. The molecule has 3 heteroatoms. The molecular weight excluding hydrogens is 145 g/mol. The number of hydrogen-bond donors (Lipinski definition) is 2. The van der Waals surface area contributed by atoms with Gasteiger partial charge in [0.1, 0.15) is 0 Å². The Bertz CT molecular complexity index is 88.2. The molecule has 1 unspecified atom stereocenters. The summed E-state index contributed by atoms with van der Waals surface area (Å²) < 4.78 is 11.6. The van der Waals surface area contributed by atoms with E-state index in [-0.39, 0.29) is 19.3 Å². The Hall–Kier alpha value is -0.150. The van der Waals surface area contributed by atoms with Crippen LogP contribution in [0.1, 0.15) is 20.3 Å². The van der Waals surface area contributed by atoms with E-state index in [0.29, 0.717) is 18.9 Å². The molecule has 0 heterocycles. The largest absolute Gasteiger partial charge is 0.395 e. The monoisotopic (exact) mass is 163 g/mol. The van der Waals surface area contributed by atoms with Crippen molar-refractivity contribution in [1.29, 1.82) is 0 Å². The lowest BCUT2D eigenvalue weighted by Crippen LogP contribution is -2.37. The predicted molar refractivity (Wildman–Crippen MR) is 44.3 cm³/mol. The van der Waals surface area contributed by atoms with Gasteiger partial charge in [-0.05, 0) is 18.9 Å². The van der Waals surface area contributed by atoms with E-state index in [4.69, 9.17) is 5.11 Å². The number of aliphatic hydroxyl groups is 1. The summed E-state index contributed by atoms with van der Waals surface area (Å²) in [6.45, 7) is 4.56. The second kappa shape index (κ2) is 6.55. The number of alkyl halides is 1. The third kappa shape index (κ3) is 5.16. The quantitative estimate of drug-likeness (QED) is 0.571. The molecule has 0 aromatic rings. The van der Waals surface area contributed by atoms with Crippen molar-refractivity contribution in [1.82, 2.24) is 5.32 Å². The van der Waals surface area contributed by atoms with Gasteiger partial charge in [-0.3, -0.25) is 4.39 Å². The zero-order valence-corrected chi connectivity index (χ0v) is 7.31. The molecule has 0 spiro atoms. The molecule has 68 valence electrons. The van der Waals surface area contributed by atoms with Crippen molar-refractivity contribution in [2.45, 2.75) is 26.3 Å². The van der Waals surface area contributed by atoms with Crippen LogP contribution in [0.25, 0.3) is 0 Å². The summed E-state index contributed by atoms with van der Waals surface area (Å²) in [6.07, 6.45) is 0.531. The van der Waals surface area contributed by atoms with Gasteiger partial charge in [0, 0.05) is 6.04 Å². The first-order valence-electron chi connectivity index (χ1n) is 4.12. The van der Waals surface area contributed by atoms with Gasteiger partial charge in [0.2, 0.25) is 0 Å². The zero-order chi connectivity index (χ0) is 8.69. The Balaban J connectivity index is 3.36. The fourth-order valence-electron chi connectivity index (χ4n) is 0.865. The molecule has 0 amide bonds. The van der Waals surface area contributed by atoms with Crippen molar-refractivity contribution in [2.75, 3.05) is 19.8 Å². The van der Waals surface area contributed by atoms with E-state index >= 15 is 0 Å². The molecule has 0 aliphatic rings. The molecule has 0 aromatic carbocycles. The second-order valence-corrected chi connectivity index (χ2v) is 3.03. The highest BCUT2D eigenvalue weighted by Crippen LogP contribution is 1.99. The Morgan fingerprint density at radius 3 is 2.45 bits per heavy atom. The minimum absolute atomic E-state index is 0.113. The van der Waals surface area contributed by atoms with Crippen LogP contribution < -0.4 is 5.32 Å². The first-order valence-corrected chi connectivity index (χ1v) is 4.12. The van der Waals surface area contributed by atoms with Crippen LogP contribution in [0.15, 0.2) is 0 Å². The van der Waals surface area contributed by atoms with Gasteiger partial charge in [0.05, 0.1) is 13.3 Å². The highest BCUT2D eigenvalue weighted by Gasteiger charge is 2.09. The lowest BCUT2D eigenvalue weighted by Gasteiger charge is -2.19. The zero-order valence-electron chi connectivity index (χ0n) is 7.31. The standard InChI is InChI=1S/C8H18FNO/c1-7(2)8(6-11)10-5-3-4-9/h7-8,10-11H,3-6H2,1-2H3. The van der Waals surface area contributed by atoms with Gasteiger partial charge in [-0.15, -0.1) is 0 Å². The van der Waals surface area contributed by atoms with Crippen molar-refractivity contribution in [3.8, 4) is 0 Å². The molecule has 11 heavy (non-hydrogen) atoms. The molecular formula is C8H18FNO. The summed E-state index contributed by atoms with van der Waals surface area (Å²) in [5.74, 6) is 0.402. The molecule has 0 rings (SSSR count). The van der Waals surface area contributed by atoms with Gasteiger partial charge in [-0.1, -0.05) is 13.8 Å². The first kappa shape index (κ1) is 10.8. The van der Waals surface area contributed by atoms with Crippen LogP contribution in [0.3, 0.4) is 0 Å². The van der Waals surface area contributed by atoms with E-state index in [9.17, 15) is 4.39 Å². The number of nitrogens with one attached hydrogen (secondary N) is 1. The van der Waals surface area contributed by atoms with Crippen LogP contribution in [-0.4, -0.2) is 31.0 Å². The van der Waals surface area contributed by atoms with E-state index in [1.54, 1.807) is 0 Å². The van der Waals surface area contributed by atoms with E-state index < -0.39 is 0 Å². The molecule has 2 nitrogen and oxygen atoms in total. The van der Waals surface area contributed by atoms with Crippen LogP contribution in [0.5, 0.6) is 0 Å². The topological polar surface area (TPSA) is 32.3 Å². The molecule has 0 bridgehead atoms. The first-order chi connectivity index (χ1) is 5.22. The summed E-state index contributed by atoms with van der Waals surface area (Å²) in [5.41, 5.74) is 0. The number of halogens is 1. The van der Waals surface area contributed by atoms with E-state index in [1.165, 1.54) is 0 Å². The summed E-state index contributed by atoms with van der Waals surface area (Å²) in [4.78, 5) is 0. The number of hydrogen-bond acceptors (Lipinski definition) is 2. The van der Waals surface area contributed by atoms with Crippen LogP contribution in [-0.2, 0) is 0 Å². The number of rotatable bonds is 6. The van der Waals surface area contributed by atoms with Crippen LogP contribution in [0.4, 0.5) is 4.39 Å². The van der Waals surface area contributed by atoms with E-state index in [0.717, 1.165) is 0 Å². The fraction of sp³-hybridized carbons (Fsp3) is 1.00. The summed E-state index contributed by atoms with van der Waals surface area (Å²) in [5, 5.41) is 11.9. The summed E-state index contributed by atoms with van der Waals surface area (Å²) in [6, 6.07) is 0.113. The van der Waals surface area contributed by atoms with Gasteiger partial charge in [-0.2, -0.15) is 0 Å². The Morgan fingerprint density at radius 2 is 2.09 bits per heavy atom. The predicted octanol–water partition coefficient (Wildman–Crippen LogP) is 0.952. The van der Waals surface area contributed by atoms with E-state index in [1.807, 2.05) is 13.8 Å². The van der Waals surface area contributed by atoms with Crippen LogP contribution >= 0.6 is 0 Å². The smallest absolute Gasteiger partial charge is 0.0906 e. The maximum Gasteiger partial charge on any atom is 0.0906 e. The third-order valence-corrected chi connectivity index (χ3v) is 1.72. The molecule has 0 fully saturated rings. The average molecular weight is 163 g/mol. The van der Waals surface area contributed by atoms with Crippen molar-refractivity contribution in [3.05, 3.63) is 0 Å². The van der Waals surface area contributed by atoms with Gasteiger partial charge in [-0.25, -0.2) is 0 Å². The van der Waals surface area contributed by atoms with Crippen molar-refractivity contribution < 1.29 is 9.50 Å². The van der Waals surface area contributed by atoms with Gasteiger partial charge in [0.25, 0.3) is 0 Å². The highest BCUT2D eigenvalue weighted by molar-refractivity contribution is 4.68. The van der Waals surface area contributed by atoms with E-state index in [2.05, 4.69) is 5.32 Å². The molecule has 0 aromatic heterocycles. The molecule has 1 atom stereocenters.